The van der Waals surface area contributed by atoms with E-state index >= 15 is 0 Å². The van der Waals surface area contributed by atoms with Gasteiger partial charge in [-0.3, -0.25) is 4.79 Å². The van der Waals surface area contributed by atoms with Gasteiger partial charge >= 0.3 is 0 Å². The number of ether oxygens (including phenoxy) is 1. The zero-order valence-electron chi connectivity index (χ0n) is 16.6. The van der Waals surface area contributed by atoms with Gasteiger partial charge in [-0.25, -0.2) is 4.99 Å². The summed E-state index contributed by atoms with van der Waals surface area (Å²) >= 11 is 0. The normalized spacial score (nSPS) is 14.9. The Morgan fingerprint density at radius 1 is 1.11 bits per heavy atom. The highest BCUT2D eigenvalue weighted by atomic mass is 16.5. The van der Waals surface area contributed by atoms with Crippen molar-refractivity contribution in [3.8, 4) is 5.75 Å². The van der Waals surface area contributed by atoms with Gasteiger partial charge < -0.3 is 24.3 Å². The van der Waals surface area contributed by atoms with E-state index in [4.69, 9.17) is 14.1 Å². The Labute approximate surface area is 166 Å². The molecule has 0 atom stereocenters. The Balaban J connectivity index is 1.63. The van der Waals surface area contributed by atoms with Gasteiger partial charge in [0.1, 0.15) is 5.75 Å². The van der Waals surface area contributed by atoms with Crippen molar-refractivity contribution >= 4 is 11.9 Å². The molecule has 1 aliphatic heterocycles. The SMILES string of the molecule is CCNC(=NCc1ccccc1OCC)N1CCN(C(=O)c2ccco2)CC1. The van der Waals surface area contributed by atoms with Crippen LogP contribution in [-0.4, -0.2) is 61.0 Å². The minimum absolute atomic E-state index is 0.0581. The summed E-state index contributed by atoms with van der Waals surface area (Å²) < 4.78 is 10.9. The molecule has 2 aromatic rings. The van der Waals surface area contributed by atoms with Crippen LogP contribution in [-0.2, 0) is 6.54 Å². The molecule has 0 bridgehead atoms. The van der Waals surface area contributed by atoms with Crippen molar-refractivity contribution in [2.45, 2.75) is 20.4 Å². The smallest absolute Gasteiger partial charge is 0.289 e. The molecule has 7 nitrogen and oxygen atoms in total. The van der Waals surface area contributed by atoms with Gasteiger partial charge in [-0.2, -0.15) is 0 Å². The zero-order chi connectivity index (χ0) is 19.8. The average Bonchev–Trinajstić information content (AvgIpc) is 3.27. The first-order chi connectivity index (χ1) is 13.7. The first kappa shape index (κ1) is 19.8. The number of guanidine groups is 1. The van der Waals surface area contributed by atoms with E-state index in [0.717, 1.165) is 36.9 Å². The van der Waals surface area contributed by atoms with E-state index in [2.05, 4.69) is 17.1 Å². The monoisotopic (exact) mass is 384 g/mol. The third-order valence-electron chi connectivity index (χ3n) is 4.60. The summed E-state index contributed by atoms with van der Waals surface area (Å²) in [6, 6.07) is 11.4. The third-order valence-corrected chi connectivity index (χ3v) is 4.60. The predicted octanol–water partition coefficient (Wildman–Crippen LogP) is 2.60. The maximum absolute atomic E-state index is 12.4. The first-order valence-corrected chi connectivity index (χ1v) is 9.79. The van der Waals surface area contributed by atoms with Crippen LogP contribution in [0.2, 0.25) is 0 Å². The molecule has 28 heavy (non-hydrogen) atoms. The van der Waals surface area contributed by atoms with E-state index in [9.17, 15) is 4.79 Å². The number of hydrogen-bond donors (Lipinski definition) is 1. The second-order valence-corrected chi connectivity index (χ2v) is 6.47. The molecule has 1 aromatic heterocycles. The number of rotatable bonds is 6. The maximum Gasteiger partial charge on any atom is 0.289 e. The number of benzene rings is 1. The quantitative estimate of drug-likeness (QED) is 0.612. The number of piperazine rings is 1. The highest BCUT2D eigenvalue weighted by Crippen LogP contribution is 2.19. The van der Waals surface area contributed by atoms with Crippen molar-refractivity contribution in [2.75, 3.05) is 39.3 Å². The van der Waals surface area contributed by atoms with Crippen molar-refractivity contribution in [1.82, 2.24) is 15.1 Å². The van der Waals surface area contributed by atoms with Crippen LogP contribution in [0.1, 0.15) is 30.0 Å². The second kappa shape index (κ2) is 9.82. The lowest BCUT2D eigenvalue weighted by atomic mass is 10.2. The fraction of sp³-hybridized carbons (Fsp3) is 0.429. The molecule has 150 valence electrons. The Morgan fingerprint density at radius 2 is 1.86 bits per heavy atom. The van der Waals surface area contributed by atoms with Crippen molar-refractivity contribution in [1.29, 1.82) is 0 Å². The molecule has 0 aliphatic carbocycles. The lowest BCUT2D eigenvalue weighted by Gasteiger charge is -2.36. The maximum atomic E-state index is 12.4. The zero-order valence-corrected chi connectivity index (χ0v) is 16.6. The van der Waals surface area contributed by atoms with Crippen molar-refractivity contribution in [3.05, 3.63) is 54.0 Å². The second-order valence-electron chi connectivity index (χ2n) is 6.47. The van der Waals surface area contributed by atoms with Crippen LogP contribution in [0.4, 0.5) is 0 Å². The first-order valence-electron chi connectivity index (χ1n) is 9.79. The van der Waals surface area contributed by atoms with Crippen LogP contribution in [0.15, 0.2) is 52.1 Å². The standard InChI is InChI=1S/C21H28N4O3/c1-3-22-21(23-16-17-8-5-6-9-18(17)27-4-2)25-13-11-24(12-14-25)20(26)19-10-7-15-28-19/h5-10,15H,3-4,11-14,16H2,1-2H3,(H,22,23). The Kier molecular flexibility index (Phi) is 6.94. The molecular weight excluding hydrogens is 356 g/mol. The van der Waals surface area contributed by atoms with Gasteiger partial charge in [0.2, 0.25) is 0 Å². The van der Waals surface area contributed by atoms with Gasteiger partial charge in [-0.15, -0.1) is 0 Å². The number of nitrogens with zero attached hydrogens (tertiary/aromatic N) is 3. The molecule has 1 aliphatic rings. The minimum Gasteiger partial charge on any atom is -0.494 e. The van der Waals surface area contributed by atoms with Crippen LogP contribution in [0, 0.1) is 0 Å². The van der Waals surface area contributed by atoms with Gasteiger partial charge in [-0.05, 0) is 32.0 Å². The number of aliphatic imine (C=N–C) groups is 1. The predicted molar refractivity (Wildman–Crippen MR) is 109 cm³/mol. The van der Waals surface area contributed by atoms with E-state index in [1.54, 1.807) is 12.1 Å². The van der Waals surface area contributed by atoms with Crippen LogP contribution in [0.3, 0.4) is 0 Å². The molecular formula is C21H28N4O3. The van der Waals surface area contributed by atoms with Crippen LogP contribution < -0.4 is 10.1 Å². The van der Waals surface area contributed by atoms with E-state index in [0.29, 0.717) is 32.0 Å². The van der Waals surface area contributed by atoms with Gasteiger partial charge in [0.25, 0.3) is 5.91 Å². The average molecular weight is 384 g/mol. The van der Waals surface area contributed by atoms with Crippen LogP contribution >= 0.6 is 0 Å². The summed E-state index contributed by atoms with van der Waals surface area (Å²) in [5, 5.41) is 3.36. The fourth-order valence-corrected chi connectivity index (χ4v) is 3.19. The highest BCUT2D eigenvalue weighted by molar-refractivity contribution is 5.91. The summed E-state index contributed by atoms with van der Waals surface area (Å²) in [5.41, 5.74) is 1.06. The molecule has 0 saturated carbocycles. The fourth-order valence-electron chi connectivity index (χ4n) is 3.19. The lowest BCUT2D eigenvalue weighted by molar-refractivity contribution is 0.0657. The number of furan rings is 1. The number of carbonyl (C=O) groups is 1. The van der Waals surface area contributed by atoms with Gasteiger partial charge in [0, 0.05) is 38.3 Å². The number of carbonyl (C=O) groups excluding carboxylic acids is 1. The molecule has 3 rings (SSSR count). The topological polar surface area (TPSA) is 70.3 Å². The molecule has 1 N–H and O–H groups in total. The van der Waals surface area contributed by atoms with Crippen molar-refractivity contribution in [2.24, 2.45) is 4.99 Å². The van der Waals surface area contributed by atoms with E-state index in [1.807, 2.05) is 36.1 Å². The van der Waals surface area contributed by atoms with E-state index < -0.39 is 0 Å². The molecule has 0 unspecified atom stereocenters. The summed E-state index contributed by atoms with van der Waals surface area (Å²) in [7, 11) is 0. The summed E-state index contributed by atoms with van der Waals surface area (Å²) in [5.74, 6) is 2.07. The van der Waals surface area contributed by atoms with Gasteiger partial charge in [0.05, 0.1) is 19.4 Å². The van der Waals surface area contributed by atoms with Crippen molar-refractivity contribution in [3.63, 3.8) is 0 Å². The molecule has 1 amide bonds. The van der Waals surface area contributed by atoms with Crippen molar-refractivity contribution < 1.29 is 13.9 Å². The van der Waals surface area contributed by atoms with E-state index in [-0.39, 0.29) is 5.91 Å². The van der Waals surface area contributed by atoms with Gasteiger partial charge in [-0.1, -0.05) is 18.2 Å². The number of para-hydroxylation sites is 1. The number of hydrogen-bond acceptors (Lipinski definition) is 4. The van der Waals surface area contributed by atoms with Crippen LogP contribution in [0.5, 0.6) is 5.75 Å². The highest BCUT2D eigenvalue weighted by Gasteiger charge is 2.25. The molecule has 1 saturated heterocycles. The van der Waals surface area contributed by atoms with Crippen LogP contribution in [0.25, 0.3) is 0 Å². The molecule has 0 radical (unpaired) electrons. The minimum atomic E-state index is -0.0581. The molecule has 1 aromatic carbocycles. The summed E-state index contributed by atoms with van der Waals surface area (Å²) in [6.45, 7) is 8.73. The van der Waals surface area contributed by atoms with Gasteiger partial charge in [0.15, 0.2) is 11.7 Å². The largest absolute Gasteiger partial charge is 0.494 e. The Morgan fingerprint density at radius 3 is 2.54 bits per heavy atom. The Bertz CT molecular complexity index is 781. The Hall–Kier alpha value is -2.96. The molecule has 1 fully saturated rings. The summed E-state index contributed by atoms with van der Waals surface area (Å²) in [6.07, 6.45) is 1.53. The third kappa shape index (κ3) is 4.85. The van der Waals surface area contributed by atoms with E-state index in [1.165, 1.54) is 6.26 Å². The molecule has 2 heterocycles. The lowest BCUT2D eigenvalue weighted by Crippen LogP contribution is -2.53. The number of nitrogens with one attached hydrogen (secondary N) is 1. The molecule has 0 spiro atoms. The number of amides is 1. The molecule has 7 heteroatoms. The summed E-state index contributed by atoms with van der Waals surface area (Å²) in [4.78, 5) is 21.2.